The average molecular weight is 443 g/mol. The van der Waals surface area contributed by atoms with Crippen molar-refractivity contribution in [2.45, 2.75) is 65.1 Å². The number of aromatic nitrogens is 2. The highest BCUT2D eigenvalue weighted by atomic mass is 16.5. The number of hydrogen-bond acceptors (Lipinski definition) is 7. The number of likely N-dealkylation sites (N-methyl/N-ethyl adjacent to an activating group) is 1. The van der Waals surface area contributed by atoms with Crippen LogP contribution in [0.3, 0.4) is 0 Å². The SMILES string of the molecule is COc1cc(CNCCc2nc(C)c3c(n2)CCC3)ccc1OCC(O)CN(C)C(C)C. The van der Waals surface area contributed by atoms with Crippen LogP contribution in [-0.4, -0.2) is 66.0 Å². The Morgan fingerprint density at radius 3 is 2.75 bits per heavy atom. The molecule has 1 atom stereocenters. The molecule has 1 aliphatic carbocycles. The number of ether oxygens (including phenoxy) is 2. The molecule has 7 nitrogen and oxygen atoms in total. The molecule has 0 bridgehead atoms. The standard InChI is InChI=1S/C25H38N4O3/c1-17(2)29(4)15-20(30)16-32-23-10-9-19(13-24(23)31-5)14-26-12-11-25-27-18(3)21-7-6-8-22(21)28-25/h9-10,13,17,20,26,30H,6-8,11-12,14-16H2,1-5H3. The fraction of sp³-hybridized carbons (Fsp3) is 0.600. The van der Waals surface area contributed by atoms with Crippen molar-refractivity contribution < 1.29 is 14.6 Å². The third-order valence-electron chi connectivity index (χ3n) is 6.08. The quantitative estimate of drug-likeness (QED) is 0.489. The zero-order valence-corrected chi connectivity index (χ0v) is 20.1. The van der Waals surface area contributed by atoms with Crippen LogP contribution in [0.25, 0.3) is 0 Å². The summed E-state index contributed by atoms with van der Waals surface area (Å²) < 4.78 is 11.3. The van der Waals surface area contributed by atoms with Gasteiger partial charge < -0.3 is 24.8 Å². The topological polar surface area (TPSA) is 79.7 Å². The van der Waals surface area contributed by atoms with E-state index < -0.39 is 6.10 Å². The van der Waals surface area contributed by atoms with Gasteiger partial charge in [0.1, 0.15) is 18.5 Å². The van der Waals surface area contributed by atoms with E-state index in [1.807, 2.05) is 25.2 Å². The van der Waals surface area contributed by atoms with Crippen LogP contribution in [0, 0.1) is 6.92 Å². The van der Waals surface area contributed by atoms with Gasteiger partial charge in [0.15, 0.2) is 11.5 Å². The summed E-state index contributed by atoms with van der Waals surface area (Å²) >= 11 is 0. The molecule has 0 radical (unpaired) electrons. The van der Waals surface area contributed by atoms with E-state index in [9.17, 15) is 5.11 Å². The molecular formula is C25H38N4O3. The van der Waals surface area contributed by atoms with Crippen LogP contribution in [-0.2, 0) is 25.8 Å². The van der Waals surface area contributed by atoms with Crippen LogP contribution < -0.4 is 14.8 Å². The van der Waals surface area contributed by atoms with E-state index in [1.165, 1.54) is 17.7 Å². The predicted octanol–water partition coefficient (Wildman–Crippen LogP) is 2.69. The molecule has 0 saturated heterocycles. The number of aliphatic hydroxyl groups is 1. The molecule has 1 aromatic heterocycles. The number of nitrogens with zero attached hydrogens (tertiary/aromatic N) is 3. The Morgan fingerprint density at radius 2 is 2.00 bits per heavy atom. The first-order valence-corrected chi connectivity index (χ1v) is 11.6. The first kappa shape index (κ1) is 24.4. The lowest BCUT2D eigenvalue weighted by atomic mass is 10.2. The van der Waals surface area contributed by atoms with E-state index in [4.69, 9.17) is 14.5 Å². The minimum atomic E-state index is -0.557. The van der Waals surface area contributed by atoms with Gasteiger partial charge in [-0.25, -0.2) is 9.97 Å². The van der Waals surface area contributed by atoms with E-state index in [2.05, 4.69) is 36.0 Å². The first-order valence-electron chi connectivity index (χ1n) is 11.6. The van der Waals surface area contributed by atoms with E-state index in [1.54, 1.807) is 7.11 Å². The molecule has 32 heavy (non-hydrogen) atoms. The Labute approximate surface area is 192 Å². The third-order valence-corrected chi connectivity index (χ3v) is 6.08. The minimum Gasteiger partial charge on any atom is -0.493 e. The second-order valence-corrected chi connectivity index (χ2v) is 8.91. The second-order valence-electron chi connectivity index (χ2n) is 8.91. The fourth-order valence-corrected chi connectivity index (χ4v) is 3.95. The van der Waals surface area contributed by atoms with Gasteiger partial charge in [0, 0.05) is 43.5 Å². The largest absolute Gasteiger partial charge is 0.493 e. The van der Waals surface area contributed by atoms with Crippen molar-refractivity contribution in [3.8, 4) is 11.5 Å². The van der Waals surface area contributed by atoms with Crippen molar-refractivity contribution in [3.05, 3.63) is 46.5 Å². The summed E-state index contributed by atoms with van der Waals surface area (Å²) in [5.74, 6) is 2.24. The number of fused-ring (bicyclic) bond motifs is 1. The maximum Gasteiger partial charge on any atom is 0.161 e. The monoisotopic (exact) mass is 442 g/mol. The van der Waals surface area contributed by atoms with Gasteiger partial charge in [-0.3, -0.25) is 0 Å². The van der Waals surface area contributed by atoms with Gasteiger partial charge in [0.25, 0.3) is 0 Å². The van der Waals surface area contributed by atoms with Crippen molar-refractivity contribution in [2.75, 3.05) is 33.9 Å². The van der Waals surface area contributed by atoms with Crippen molar-refractivity contribution in [3.63, 3.8) is 0 Å². The van der Waals surface area contributed by atoms with Crippen molar-refractivity contribution in [2.24, 2.45) is 0 Å². The molecule has 0 aliphatic heterocycles. The summed E-state index contributed by atoms with van der Waals surface area (Å²) in [6.45, 7) is 8.63. The van der Waals surface area contributed by atoms with Gasteiger partial charge in [-0.2, -0.15) is 0 Å². The lowest BCUT2D eigenvalue weighted by molar-refractivity contribution is 0.0668. The lowest BCUT2D eigenvalue weighted by Gasteiger charge is -2.24. The summed E-state index contributed by atoms with van der Waals surface area (Å²) in [6.07, 6.45) is 3.66. The third kappa shape index (κ3) is 6.64. The Hall–Kier alpha value is -2.22. The Kier molecular flexibility index (Phi) is 8.84. The molecule has 2 N–H and O–H groups in total. The maximum atomic E-state index is 10.2. The molecule has 0 fully saturated rings. The van der Waals surface area contributed by atoms with Gasteiger partial charge in [-0.05, 0) is 70.3 Å². The number of rotatable bonds is 12. The Morgan fingerprint density at radius 1 is 1.19 bits per heavy atom. The summed E-state index contributed by atoms with van der Waals surface area (Å²) in [6, 6.07) is 6.28. The summed E-state index contributed by atoms with van der Waals surface area (Å²) in [7, 11) is 3.63. The van der Waals surface area contributed by atoms with E-state index in [-0.39, 0.29) is 6.61 Å². The number of aryl methyl sites for hydroxylation is 2. The van der Waals surface area contributed by atoms with E-state index in [0.29, 0.717) is 24.1 Å². The highest BCUT2D eigenvalue weighted by Crippen LogP contribution is 2.28. The van der Waals surface area contributed by atoms with Crippen LogP contribution in [0.15, 0.2) is 18.2 Å². The number of nitrogens with one attached hydrogen (secondary N) is 1. The van der Waals surface area contributed by atoms with Crippen LogP contribution in [0.1, 0.15) is 48.6 Å². The molecule has 176 valence electrons. The number of hydrogen-bond donors (Lipinski definition) is 2. The Balaban J connectivity index is 1.47. The zero-order chi connectivity index (χ0) is 23.1. The molecule has 0 saturated carbocycles. The number of benzene rings is 1. The normalized spacial score (nSPS) is 14.1. The second kappa shape index (κ2) is 11.6. The van der Waals surface area contributed by atoms with Crippen molar-refractivity contribution in [1.82, 2.24) is 20.2 Å². The van der Waals surface area contributed by atoms with Gasteiger partial charge in [-0.1, -0.05) is 6.07 Å². The van der Waals surface area contributed by atoms with E-state index in [0.717, 1.165) is 49.4 Å². The zero-order valence-electron chi connectivity index (χ0n) is 20.1. The molecule has 1 aliphatic rings. The fourth-order valence-electron chi connectivity index (χ4n) is 3.95. The minimum absolute atomic E-state index is 0.227. The van der Waals surface area contributed by atoms with Gasteiger partial charge in [0.05, 0.1) is 7.11 Å². The highest BCUT2D eigenvalue weighted by Gasteiger charge is 2.17. The van der Waals surface area contributed by atoms with Crippen molar-refractivity contribution >= 4 is 0 Å². The van der Waals surface area contributed by atoms with Crippen LogP contribution >= 0.6 is 0 Å². The van der Waals surface area contributed by atoms with E-state index >= 15 is 0 Å². The summed E-state index contributed by atoms with van der Waals surface area (Å²) in [4.78, 5) is 11.5. The van der Waals surface area contributed by atoms with Gasteiger partial charge in [-0.15, -0.1) is 0 Å². The molecule has 7 heteroatoms. The molecule has 1 heterocycles. The van der Waals surface area contributed by atoms with Crippen LogP contribution in [0.4, 0.5) is 0 Å². The predicted molar refractivity (Wildman–Crippen MR) is 126 cm³/mol. The molecular weight excluding hydrogens is 404 g/mol. The lowest BCUT2D eigenvalue weighted by Crippen LogP contribution is -2.36. The highest BCUT2D eigenvalue weighted by molar-refractivity contribution is 5.43. The first-order chi connectivity index (χ1) is 15.4. The number of aliphatic hydroxyl groups excluding tert-OH is 1. The molecule has 1 unspecified atom stereocenters. The molecule has 1 aromatic carbocycles. The smallest absolute Gasteiger partial charge is 0.161 e. The molecule has 0 spiro atoms. The Bertz CT molecular complexity index is 888. The van der Waals surface area contributed by atoms with Gasteiger partial charge >= 0.3 is 0 Å². The van der Waals surface area contributed by atoms with Crippen molar-refractivity contribution in [1.29, 1.82) is 0 Å². The molecule has 3 rings (SSSR count). The van der Waals surface area contributed by atoms with Gasteiger partial charge in [0.2, 0.25) is 0 Å². The molecule has 0 amide bonds. The summed E-state index contributed by atoms with van der Waals surface area (Å²) in [5, 5.41) is 13.7. The number of methoxy groups -OCH3 is 1. The molecule has 2 aromatic rings. The average Bonchev–Trinajstić information content (AvgIpc) is 3.24. The van der Waals surface area contributed by atoms with Crippen LogP contribution in [0.2, 0.25) is 0 Å². The maximum absolute atomic E-state index is 10.2. The summed E-state index contributed by atoms with van der Waals surface area (Å²) in [5.41, 5.74) is 4.86. The van der Waals surface area contributed by atoms with Crippen LogP contribution in [0.5, 0.6) is 11.5 Å².